The smallest absolute Gasteiger partial charge is 0.237 e. The molecule has 104 valence electrons. The maximum atomic E-state index is 11.9. The topological polar surface area (TPSA) is 56.1 Å². The van der Waals surface area contributed by atoms with E-state index in [0.717, 1.165) is 32.4 Å². The quantitative estimate of drug-likeness (QED) is 0.797. The number of hydrogen-bond donors (Lipinski definition) is 1. The number of nitrogens with zero attached hydrogens (tertiary/aromatic N) is 2. The molecule has 0 saturated carbocycles. The zero-order valence-electron chi connectivity index (χ0n) is 11.5. The summed E-state index contributed by atoms with van der Waals surface area (Å²) in [6.07, 6.45) is 2.82. The van der Waals surface area contributed by atoms with Gasteiger partial charge in [0.05, 0.1) is 12.6 Å². The Morgan fingerprint density at radius 2 is 2.17 bits per heavy atom. The molecule has 1 aliphatic rings. The number of likely N-dealkylation sites (tertiary alicyclic amines) is 1. The number of carbonyl (C=O) groups excluding carboxylic acids is 1. The number of rotatable bonds is 4. The summed E-state index contributed by atoms with van der Waals surface area (Å²) in [4.78, 5) is 13.5. The molecular weight excluding hydrogens is 250 g/mol. The molecule has 1 aliphatic heterocycles. The zero-order valence-corrected chi connectivity index (χ0v) is 12.3. The Labute approximate surface area is 116 Å². The first-order chi connectivity index (χ1) is 7.94. The van der Waals surface area contributed by atoms with Crippen LogP contribution in [0.25, 0.3) is 0 Å². The van der Waals surface area contributed by atoms with Crippen LogP contribution >= 0.6 is 12.4 Å². The van der Waals surface area contributed by atoms with Crippen LogP contribution in [-0.4, -0.2) is 36.5 Å². The minimum Gasteiger partial charge on any atom is -0.326 e. The van der Waals surface area contributed by atoms with Gasteiger partial charge in [0.15, 0.2) is 0 Å². The molecule has 0 aromatic rings. The van der Waals surface area contributed by atoms with Crippen LogP contribution in [0.2, 0.25) is 0 Å². The molecule has 0 spiro atoms. The first kappa shape index (κ1) is 17.2. The van der Waals surface area contributed by atoms with E-state index in [-0.39, 0.29) is 24.4 Å². The second-order valence-electron chi connectivity index (χ2n) is 5.86. The minimum atomic E-state index is -0.202. The molecule has 1 amide bonds. The van der Waals surface area contributed by atoms with Crippen LogP contribution in [0.5, 0.6) is 0 Å². The van der Waals surface area contributed by atoms with Crippen LogP contribution in [0.3, 0.4) is 0 Å². The fourth-order valence-corrected chi connectivity index (χ4v) is 1.96. The number of nitriles is 1. The second kappa shape index (κ2) is 7.60. The van der Waals surface area contributed by atoms with Gasteiger partial charge in [-0.05, 0) is 31.2 Å². The van der Waals surface area contributed by atoms with E-state index in [4.69, 9.17) is 5.26 Å². The molecule has 1 saturated heterocycles. The lowest BCUT2D eigenvalue weighted by Gasteiger charge is -2.21. The molecule has 0 unspecified atom stereocenters. The summed E-state index contributed by atoms with van der Waals surface area (Å²) in [5, 5.41) is 12.1. The molecular formula is C13H24ClN3O. The van der Waals surface area contributed by atoms with Crippen LogP contribution in [0.15, 0.2) is 0 Å². The highest BCUT2D eigenvalue weighted by Crippen LogP contribution is 2.17. The van der Waals surface area contributed by atoms with Crippen LogP contribution < -0.4 is 5.32 Å². The van der Waals surface area contributed by atoms with E-state index < -0.39 is 0 Å². The largest absolute Gasteiger partial charge is 0.326 e. The van der Waals surface area contributed by atoms with Crippen LogP contribution in [0, 0.1) is 16.7 Å². The fourth-order valence-electron chi connectivity index (χ4n) is 1.96. The summed E-state index contributed by atoms with van der Waals surface area (Å²) in [6, 6.07) is 1.98. The van der Waals surface area contributed by atoms with E-state index in [1.54, 1.807) is 4.90 Å². The van der Waals surface area contributed by atoms with Gasteiger partial charge in [0.25, 0.3) is 0 Å². The third kappa shape index (κ3) is 5.70. The van der Waals surface area contributed by atoms with Crippen LogP contribution in [0.4, 0.5) is 0 Å². The Balaban J connectivity index is 0.00000289. The first-order valence-electron chi connectivity index (χ1n) is 6.34. The van der Waals surface area contributed by atoms with Crippen LogP contribution in [0.1, 0.15) is 40.0 Å². The number of hydrogen-bond acceptors (Lipinski definition) is 3. The molecule has 1 heterocycles. The van der Waals surface area contributed by atoms with Gasteiger partial charge in [0.1, 0.15) is 6.04 Å². The maximum Gasteiger partial charge on any atom is 0.237 e. The van der Waals surface area contributed by atoms with Crippen LogP contribution in [-0.2, 0) is 4.79 Å². The van der Waals surface area contributed by atoms with E-state index >= 15 is 0 Å². The third-order valence-electron chi connectivity index (χ3n) is 3.05. The van der Waals surface area contributed by atoms with Crippen molar-refractivity contribution in [3.8, 4) is 6.07 Å². The van der Waals surface area contributed by atoms with Gasteiger partial charge in [-0.25, -0.2) is 0 Å². The van der Waals surface area contributed by atoms with E-state index in [2.05, 4.69) is 32.2 Å². The minimum absolute atomic E-state index is 0. The predicted octanol–water partition coefficient (Wildman–Crippen LogP) is 1.95. The Bertz CT molecular complexity index is 306. The molecule has 0 bridgehead atoms. The van der Waals surface area contributed by atoms with Crippen molar-refractivity contribution in [2.45, 2.75) is 46.1 Å². The van der Waals surface area contributed by atoms with Crippen molar-refractivity contribution in [3.05, 3.63) is 0 Å². The lowest BCUT2D eigenvalue weighted by atomic mass is 9.92. The third-order valence-corrected chi connectivity index (χ3v) is 3.05. The lowest BCUT2D eigenvalue weighted by Crippen LogP contribution is -2.41. The standard InChI is InChI=1S/C13H23N3O.ClH/c1-13(2,3)6-7-15-10-12(17)16-8-4-5-11(16)9-14;/h11,15H,4-8,10H2,1-3H3;1H/t11-;/m0./s1. The predicted molar refractivity (Wildman–Crippen MR) is 74.5 cm³/mol. The van der Waals surface area contributed by atoms with Gasteiger partial charge in [-0.2, -0.15) is 5.26 Å². The summed E-state index contributed by atoms with van der Waals surface area (Å²) in [5.74, 6) is 0.0583. The molecule has 1 rings (SSSR count). The summed E-state index contributed by atoms with van der Waals surface area (Å²) in [6.45, 7) is 8.49. The number of nitrogens with one attached hydrogen (secondary N) is 1. The molecule has 0 aromatic heterocycles. The van der Waals surface area contributed by atoms with E-state index in [1.165, 1.54) is 0 Å². The van der Waals surface area contributed by atoms with Crippen molar-refractivity contribution in [1.29, 1.82) is 5.26 Å². The van der Waals surface area contributed by atoms with Crippen molar-refractivity contribution in [2.24, 2.45) is 5.41 Å². The van der Waals surface area contributed by atoms with E-state index in [9.17, 15) is 4.79 Å². The molecule has 0 aliphatic carbocycles. The number of amides is 1. The van der Waals surface area contributed by atoms with Crippen molar-refractivity contribution in [3.63, 3.8) is 0 Å². The lowest BCUT2D eigenvalue weighted by molar-refractivity contribution is -0.130. The summed E-state index contributed by atoms with van der Waals surface area (Å²) in [7, 11) is 0. The van der Waals surface area contributed by atoms with E-state index in [1.807, 2.05) is 0 Å². The van der Waals surface area contributed by atoms with E-state index in [0.29, 0.717) is 12.0 Å². The van der Waals surface area contributed by atoms with Gasteiger partial charge in [0.2, 0.25) is 5.91 Å². The van der Waals surface area contributed by atoms with Gasteiger partial charge in [-0.3, -0.25) is 4.79 Å². The molecule has 0 radical (unpaired) electrons. The maximum absolute atomic E-state index is 11.9. The molecule has 0 aromatic carbocycles. The summed E-state index contributed by atoms with van der Waals surface area (Å²) in [5.41, 5.74) is 0.291. The number of halogens is 1. The Kier molecular flexibility index (Phi) is 7.27. The Morgan fingerprint density at radius 1 is 1.50 bits per heavy atom. The summed E-state index contributed by atoms with van der Waals surface area (Å²) >= 11 is 0. The number of carbonyl (C=O) groups is 1. The highest BCUT2D eigenvalue weighted by molar-refractivity contribution is 5.85. The highest BCUT2D eigenvalue weighted by Gasteiger charge is 2.27. The Hall–Kier alpha value is -0.790. The zero-order chi connectivity index (χ0) is 12.9. The van der Waals surface area contributed by atoms with Crippen molar-refractivity contribution in [1.82, 2.24) is 10.2 Å². The Morgan fingerprint density at radius 3 is 2.72 bits per heavy atom. The van der Waals surface area contributed by atoms with Gasteiger partial charge >= 0.3 is 0 Å². The first-order valence-corrected chi connectivity index (χ1v) is 6.34. The van der Waals surface area contributed by atoms with Crippen molar-refractivity contribution in [2.75, 3.05) is 19.6 Å². The molecule has 1 fully saturated rings. The normalized spacial score (nSPS) is 19.2. The molecule has 1 atom stereocenters. The highest BCUT2D eigenvalue weighted by atomic mass is 35.5. The molecule has 1 N–H and O–H groups in total. The van der Waals surface area contributed by atoms with Gasteiger partial charge in [0, 0.05) is 6.54 Å². The second-order valence-corrected chi connectivity index (χ2v) is 5.86. The average molecular weight is 274 g/mol. The van der Waals surface area contributed by atoms with Crippen molar-refractivity contribution < 1.29 is 4.79 Å². The van der Waals surface area contributed by atoms with Crippen molar-refractivity contribution >= 4 is 18.3 Å². The van der Waals surface area contributed by atoms with Gasteiger partial charge in [-0.15, -0.1) is 12.4 Å². The SMILES string of the molecule is CC(C)(C)CCNCC(=O)N1CCC[C@H]1C#N.Cl. The monoisotopic (exact) mass is 273 g/mol. The molecule has 5 heteroatoms. The average Bonchev–Trinajstić information content (AvgIpc) is 2.70. The summed E-state index contributed by atoms with van der Waals surface area (Å²) < 4.78 is 0. The molecule has 4 nitrogen and oxygen atoms in total. The van der Waals surface area contributed by atoms with Gasteiger partial charge < -0.3 is 10.2 Å². The molecule has 18 heavy (non-hydrogen) atoms. The van der Waals surface area contributed by atoms with Gasteiger partial charge in [-0.1, -0.05) is 20.8 Å². The fraction of sp³-hybridized carbons (Fsp3) is 0.846.